The fraction of sp³-hybridized carbons (Fsp3) is 0.304. The van der Waals surface area contributed by atoms with E-state index in [-0.39, 0.29) is 11.9 Å². The molecule has 1 aromatic heterocycles. The van der Waals surface area contributed by atoms with Gasteiger partial charge >= 0.3 is 0 Å². The molecule has 1 aliphatic carbocycles. The number of hydrogen-bond acceptors (Lipinski definition) is 3. The first-order valence-electron chi connectivity index (χ1n) is 9.83. The first-order valence-corrected chi connectivity index (χ1v) is 10.6. The Labute approximate surface area is 173 Å². The zero-order chi connectivity index (χ0) is 19.3. The van der Waals surface area contributed by atoms with Crippen LogP contribution in [-0.2, 0) is 0 Å². The standard InChI is InChI=1S/C23H23BrN2O2/c24-17-9-7-8-16(14-17)21-15-25-23(28-21)20-13-6-5-12-19(20)22(27)26-18-10-3-1-2-4-11-18/h5-9,12-15,18H,1-4,10-11H2,(H,26,27). The summed E-state index contributed by atoms with van der Waals surface area (Å²) in [4.78, 5) is 17.4. The average molecular weight is 439 g/mol. The fourth-order valence-electron chi connectivity index (χ4n) is 3.73. The predicted octanol–water partition coefficient (Wildman–Crippen LogP) is 6.22. The van der Waals surface area contributed by atoms with Gasteiger partial charge < -0.3 is 9.73 Å². The summed E-state index contributed by atoms with van der Waals surface area (Å²) in [6.07, 6.45) is 8.71. The van der Waals surface area contributed by atoms with Crippen LogP contribution in [0.2, 0.25) is 0 Å². The molecule has 4 nitrogen and oxygen atoms in total. The number of halogens is 1. The van der Waals surface area contributed by atoms with Gasteiger partial charge in [0.15, 0.2) is 5.76 Å². The van der Waals surface area contributed by atoms with Gasteiger partial charge in [-0.25, -0.2) is 4.98 Å². The first kappa shape index (κ1) is 18.9. The van der Waals surface area contributed by atoms with Crippen molar-refractivity contribution in [3.05, 3.63) is 64.8 Å². The molecule has 4 rings (SSSR count). The van der Waals surface area contributed by atoms with Gasteiger partial charge in [-0.15, -0.1) is 0 Å². The third-order valence-electron chi connectivity index (χ3n) is 5.21. The summed E-state index contributed by atoms with van der Waals surface area (Å²) in [5.74, 6) is 1.08. The second-order valence-electron chi connectivity index (χ2n) is 7.25. The summed E-state index contributed by atoms with van der Waals surface area (Å²) in [5.41, 5.74) is 2.26. The van der Waals surface area contributed by atoms with Crippen molar-refractivity contribution in [1.82, 2.24) is 10.3 Å². The highest BCUT2D eigenvalue weighted by molar-refractivity contribution is 9.10. The molecule has 144 valence electrons. The van der Waals surface area contributed by atoms with E-state index in [2.05, 4.69) is 26.2 Å². The highest BCUT2D eigenvalue weighted by Crippen LogP contribution is 2.29. The van der Waals surface area contributed by atoms with Gasteiger partial charge in [0.2, 0.25) is 5.89 Å². The molecule has 1 amide bonds. The quantitative estimate of drug-likeness (QED) is 0.491. The summed E-state index contributed by atoms with van der Waals surface area (Å²) in [7, 11) is 0. The SMILES string of the molecule is O=C(NC1CCCCCC1)c1ccccc1-c1ncc(-c2cccc(Br)c2)o1. The largest absolute Gasteiger partial charge is 0.436 e. The van der Waals surface area contributed by atoms with E-state index in [9.17, 15) is 4.79 Å². The Morgan fingerprint density at radius 2 is 1.82 bits per heavy atom. The molecule has 3 aromatic rings. The van der Waals surface area contributed by atoms with Crippen molar-refractivity contribution >= 4 is 21.8 Å². The summed E-state index contributed by atoms with van der Waals surface area (Å²) < 4.78 is 6.98. The zero-order valence-corrected chi connectivity index (χ0v) is 17.2. The van der Waals surface area contributed by atoms with E-state index in [4.69, 9.17) is 4.42 Å². The van der Waals surface area contributed by atoms with E-state index >= 15 is 0 Å². The summed E-state index contributed by atoms with van der Waals surface area (Å²) in [6.45, 7) is 0. The third-order valence-corrected chi connectivity index (χ3v) is 5.70. The van der Waals surface area contributed by atoms with Crippen molar-refractivity contribution in [2.45, 2.75) is 44.6 Å². The number of hydrogen-bond donors (Lipinski definition) is 1. The van der Waals surface area contributed by atoms with E-state index in [0.717, 1.165) is 28.4 Å². The maximum absolute atomic E-state index is 13.0. The summed E-state index contributed by atoms with van der Waals surface area (Å²) >= 11 is 3.48. The van der Waals surface area contributed by atoms with Crippen molar-refractivity contribution in [1.29, 1.82) is 0 Å². The lowest BCUT2D eigenvalue weighted by Gasteiger charge is -2.17. The second-order valence-corrected chi connectivity index (χ2v) is 8.16. The van der Waals surface area contributed by atoms with Gasteiger partial charge in [0.25, 0.3) is 5.91 Å². The van der Waals surface area contributed by atoms with Crippen LogP contribution in [0.3, 0.4) is 0 Å². The molecule has 1 aliphatic rings. The summed E-state index contributed by atoms with van der Waals surface area (Å²) in [6, 6.07) is 15.6. The minimum Gasteiger partial charge on any atom is -0.436 e. The number of rotatable bonds is 4. The highest BCUT2D eigenvalue weighted by Gasteiger charge is 2.20. The Hall–Kier alpha value is -2.40. The number of nitrogens with zero attached hydrogens (tertiary/aromatic N) is 1. The van der Waals surface area contributed by atoms with Gasteiger partial charge in [0, 0.05) is 21.6 Å². The van der Waals surface area contributed by atoms with Crippen LogP contribution in [0.1, 0.15) is 48.9 Å². The van der Waals surface area contributed by atoms with Crippen LogP contribution >= 0.6 is 15.9 Å². The maximum Gasteiger partial charge on any atom is 0.252 e. The van der Waals surface area contributed by atoms with Crippen molar-refractivity contribution in [2.24, 2.45) is 0 Å². The minimum absolute atomic E-state index is 0.0512. The number of aromatic nitrogens is 1. The fourth-order valence-corrected chi connectivity index (χ4v) is 4.13. The molecule has 1 saturated carbocycles. The van der Waals surface area contributed by atoms with Gasteiger partial charge in [-0.05, 0) is 37.1 Å². The molecule has 0 saturated heterocycles. The Bertz CT molecular complexity index is 958. The number of carbonyl (C=O) groups is 1. The Balaban J connectivity index is 1.58. The van der Waals surface area contributed by atoms with Gasteiger partial charge in [-0.1, -0.05) is 65.9 Å². The molecule has 0 unspecified atom stereocenters. The van der Waals surface area contributed by atoms with Crippen molar-refractivity contribution in [2.75, 3.05) is 0 Å². The maximum atomic E-state index is 13.0. The average Bonchev–Trinajstić information content (AvgIpc) is 3.07. The van der Waals surface area contributed by atoms with E-state index in [1.54, 1.807) is 6.20 Å². The Kier molecular flexibility index (Phi) is 5.91. The normalized spacial score (nSPS) is 15.2. The van der Waals surface area contributed by atoms with E-state index in [1.165, 1.54) is 25.7 Å². The van der Waals surface area contributed by atoms with Crippen LogP contribution < -0.4 is 5.32 Å². The molecule has 0 spiro atoms. The van der Waals surface area contributed by atoms with Crippen LogP contribution in [-0.4, -0.2) is 16.9 Å². The number of oxazole rings is 1. The van der Waals surface area contributed by atoms with Crippen LogP contribution in [0.4, 0.5) is 0 Å². The molecule has 5 heteroatoms. The topological polar surface area (TPSA) is 55.1 Å². The molecule has 28 heavy (non-hydrogen) atoms. The lowest BCUT2D eigenvalue weighted by Crippen LogP contribution is -2.34. The highest BCUT2D eigenvalue weighted by atomic mass is 79.9. The molecular weight excluding hydrogens is 416 g/mol. The lowest BCUT2D eigenvalue weighted by molar-refractivity contribution is 0.0934. The molecule has 0 bridgehead atoms. The van der Waals surface area contributed by atoms with Crippen LogP contribution in [0.15, 0.2) is 63.6 Å². The molecule has 1 N–H and O–H groups in total. The molecule has 1 heterocycles. The zero-order valence-electron chi connectivity index (χ0n) is 15.7. The van der Waals surface area contributed by atoms with E-state index in [0.29, 0.717) is 17.2 Å². The molecule has 0 atom stereocenters. The van der Waals surface area contributed by atoms with Crippen LogP contribution in [0.5, 0.6) is 0 Å². The molecular formula is C23H23BrN2O2. The first-order chi connectivity index (χ1) is 13.7. The number of amides is 1. The van der Waals surface area contributed by atoms with Gasteiger partial charge in [0.05, 0.1) is 11.8 Å². The van der Waals surface area contributed by atoms with Crippen molar-refractivity contribution < 1.29 is 9.21 Å². The smallest absolute Gasteiger partial charge is 0.252 e. The van der Waals surface area contributed by atoms with Crippen molar-refractivity contribution in [3.8, 4) is 22.8 Å². The second kappa shape index (κ2) is 8.74. The molecule has 0 radical (unpaired) electrons. The summed E-state index contributed by atoms with van der Waals surface area (Å²) in [5, 5.41) is 3.22. The van der Waals surface area contributed by atoms with Gasteiger partial charge in [-0.2, -0.15) is 0 Å². The van der Waals surface area contributed by atoms with Crippen LogP contribution in [0, 0.1) is 0 Å². The molecule has 1 fully saturated rings. The third kappa shape index (κ3) is 4.36. The number of nitrogens with one attached hydrogen (secondary N) is 1. The minimum atomic E-state index is -0.0512. The number of benzene rings is 2. The van der Waals surface area contributed by atoms with E-state index < -0.39 is 0 Å². The monoisotopic (exact) mass is 438 g/mol. The van der Waals surface area contributed by atoms with Gasteiger partial charge in [-0.3, -0.25) is 4.79 Å². The Morgan fingerprint density at radius 1 is 1.04 bits per heavy atom. The van der Waals surface area contributed by atoms with Crippen molar-refractivity contribution in [3.63, 3.8) is 0 Å². The Morgan fingerprint density at radius 3 is 2.61 bits per heavy atom. The lowest BCUT2D eigenvalue weighted by atomic mass is 10.0. The predicted molar refractivity (Wildman–Crippen MR) is 114 cm³/mol. The van der Waals surface area contributed by atoms with Gasteiger partial charge in [0.1, 0.15) is 0 Å². The number of carbonyl (C=O) groups excluding carboxylic acids is 1. The van der Waals surface area contributed by atoms with Crippen LogP contribution in [0.25, 0.3) is 22.8 Å². The molecule has 2 aromatic carbocycles. The molecule has 0 aliphatic heterocycles. The van der Waals surface area contributed by atoms with E-state index in [1.807, 2.05) is 48.5 Å².